The molecule has 9 nitrogen and oxygen atoms in total. The van der Waals surface area contributed by atoms with E-state index in [1.54, 1.807) is 12.1 Å². The molecular formula is C26H26F3N3O6S2. The van der Waals surface area contributed by atoms with Crippen LogP contribution in [0.1, 0.15) is 52.2 Å². The quantitative estimate of drug-likeness (QED) is 0.267. The zero-order valence-electron chi connectivity index (χ0n) is 21.6. The molecule has 0 saturated heterocycles. The molecule has 2 aromatic heterocycles. The summed E-state index contributed by atoms with van der Waals surface area (Å²) in [6, 6.07) is 6.77. The van der Waals surface area contributed by atoms with E-state index in [4.69, 9.17) is 9.47 Å². The molecule has 4 rings (SSSR count). The van der Waals surface area contributed by atoms with Gasteiger partial charge in [-0.25, -0.2) is 23.2 Å². The fraction of sp³-hybridized carbons (Fsp3) is 0.385. The van der Waals surface area contributed by atoms with Crippen molar-refractivity contribution in [3.05, 3.63) is 52.0 Å². The van der Waals surface area contributed by atoms with E-state index in [9.17, 15) is 31.2 Å². The van der Waals surface area contributed by atoms with Crippen LogP contribution in [-0.2, 0) is 38.4 Å². The summed E-state index contributed by atoms with van der Waals surface area (Å²) in [4.78, 5) is 33.2. The predicted molar refractivity (Wildman–Crippen MR) is 141 cm³/mol. The van der Waals surface area contributed by atoms with Gasteiger partial charge in [-0.15, -0.1) is 11.3 Å². The lowest BCUT2D eigenvalue weighted by molar-refractivity contribution is -0.141. The number of thiophene rings is 1. The molecule has 1 amide bonds. The van der Waals surface area contributed by atoms with E-state index in [-0.39, 0.29) is 29.8 Å². The number of methoxy groups -OCH3 is 2. The van der Waals surface area contributed by atoms with Gasteiger partial charge < -0.3 is 14.8 Å². The van der Waals surface area contributed by atoms with Crippen molar-refractivity contribution < 1.29 is 40.7 Å². The maximum atomic E-state index is 13.6. The minimum absolute atomic E-state index is 0.161. The summed E-state index contributed by atoms with van der Waals surface area (Å²) in [5.74, 6) is -1.57. The average molecular weight is 598 g/mol. The van der Waals surface area contributed by atoms with Gasteiger partial charge in [0.25, 0.3) is 0 Å². The van der Waals surface area contributed by atoms with Crippen LogP contribution < -0.4 is 10.1 Å². The standard InChI is InChI=1S/C26H26F3N3O6S2/c1-37-18-10-5-3-8-15(18)17-14-20(26(27,28)29)31-25(30-17)40(35,36)13-7-12-21(33)32-23-22(24(34)38-2)16-9-4-6-11-19(16)39-23/h3,5,8,10,14H,4,6-7,9,11-13H2,1-2H3,(H,32,33). The van der Waals surface area contributed by atoms with Gasteiger partial charge in [-0.2, -0.15) is 13.2 Å². The second kappa shape index (κ2) is 11.9. The van der Waals surface area contributed by atoms with E-state index in [0.29, 0.717) is 23.1 Å². The number of anilines is 1. The van der Waals surface area contributed by atoms with Crippen molar-refractivity contribution in [2.24, 2.45) is 0 Å². The van der Waals surface area contributed by atoms with Crippen molar-refractivity contribution in [3.8, 4) is 17.0 Å². The average Bonchev–Trinajstić information content (AvgIpc) is 3.29. The van der Waals surface area contributed by atoms with Gasteiger partial charge in [0.15, 0.2) is 0 Å². The topological polar surface area (TPSA) is 125 Å². The Kier molecular flexibility index (Phi) is 8.78. The highest BCUT2D eigenvalue weighted by atomic mass is 32.2. The smallest absolute Gasteiger partial charge is 0.433 e. The number of sulfone groups is 1. The Morgan fingerprint density at radius 1 is 1.10 bits per heavy atom. The first kappa shape index (κ1) is 29.5. The first-order valence-electron chi connectivity index (χ1n) is 12.3. The normalized spacial score (nSPS) is 13.4. The van der Waals surface area contributed by atoms with Crippen LogP contribution in [0.3, 0.4) is 0 Å². The summed E-state index contributed by atoms with van der Waals surface area (Å²) < 4.78 is 76.8. The molecular weight excluding hydrogens is 571 g/mol. The summed E-state index contributed by atoms with van der Waals surface area (Å²) >= 11 is 1.29. The fourth-order valence-electron chi connectivity index (χ4n) is 4.38. The third kappa shape index (κ3) is 6.44. The lowest BCUT2D eigenvalue weighted by Gasteiger charge is -2.13. The minimum Gasteiger partial charge on any atom is -0.496 e. The maximum Gasteiger partial charge on any atom is 0.433 e. The zero-order valence-corrected chi connectivity index (χ0v) is 23.3. The number of halogens is 3. The fourth-order valence-corrected chi connectivity index (χ4v) is 6.85. The van der Waals surface area contributed by atoms with Crippen LogP contribution in [0.15, 0.2) is 35.5 Å². The molecule has 2 heterocycles. The molecule has 1 aliphatic carbocycles. The summed E-state index contributed by atoms with van der Waals surface area (Å²) in [6.07, 6.45) is -2.05. The molecule has 0 bridgehead atoms. The van der Waals surface area contributed by atoms with Gasteiger partial charge in [-0.3, -0.25) is 4.79 Å². The lowest BCUT2D eigenvalue weighted by atomic mass is 9.95. The van der Waals surface area contributed by atoms with Gasteiger partial charge in [0.2, 0.25) is 20.9 Å². The Balaban J connectivity index is 1.52. The summed E-state index contributed by atoms with van der Waals surface area (Å²) in [5, 5.41) is 2.02. The van der Waals surface area contributed by atoms with Crippen molar-refractivity contribution in [1.29, 1.82) is 0 Å². The van der Waals surface area contributed by atoms with E-state index in [2.05, 4.69) is 15.3 Å². The number of carbonyl (C=O) groups excluding carboxylic acids is 2. The third-order valence-corrected chi connectivity index (χ3v) is 9.06. The van der Waals surface area contributed by atoms with Gasteiger partial charge in [0.05, 0.1) is 31.2 Å². The van der Waals surface area contributed by atoms with Crippen LogP contribution in [0, 0.1) is 0 Å². The molecule has 1 N–H and O–H groups in total. The number of ether oxygens (including phenoxy) is 2. The molecule has 0 saturated carbocycles. The van der Waals surface area contributed by atoms with Crippen LogP contribution in [0.4, 0.5) is 18.2 Å². The molecule has 0 unspecified atom stereocenters. The van der Waals surface area contributed by atoms with Gasteiger partial charge >= 0.3 is 12.1 Å². The molecule has 1 aromatic carbocycles. The van der Waals surface area contributed by atoms with Crippen LogP contribution in [0.25, 0.3) is 11.3 Å². The molecule has 0 radical (unpaired) electrons. The molecule has 14 heteroatoms. The Morgan fingerprint density at radius 3 is 2.52 bits per heavy atom. The first-order chi connectivity index (χ1) is 18.9. The number of esters is 1. The Labute approximate surface area is 232 Å². The van der Waals surface area contributed by atoms with Gasteiger partial charge in [-0.05, 0) is 55.9 Å². The van der Waals surface area contributed by atoms with E-state index >= 15 is 0 Å². The van der Waals surface area contributed by atoms with Gasteiger partial charge in [0, 0.05) is 16.9 Å². The number of alkyl halides is 3. The van der Waals surface area contributed by atoms with Crippen molar-refractivity contribution in [3.63, 3.8) is 0 Å². The Bertz CT molecular complexity index is 1540. The van der Waals surface area contributed by atoms with Crippen molar-refractivity contribution in [2.45, 2.75) is 49.9 Å². The number of aromatic nitrogens is 2. The van der Waals surface area contributed by atoms with Crippen LogP contribution in [0.5, 0.6) is 5.75 Å². The number of amides is 1. The Hall–Kier alpha value is -3.52. The van der Waals surface area contributed by atoms with Gasteiger partial charge in [-0.1, -0.05) is 12.1 Å². The van der Waals surface area contributed by atoms with Crippen molar-refractivity contribution in [1.82, 2.24) is 9.97 Å². The highest BCUT2D eigenvalue weighted by Gasteiger charge is 2.36. The third-order valence-electron chi connectivity index (χ3n) is 6.29. The molecule has 40 heavy (non-hydrogen) atoms. The zero-order chi connectivity index (χ0) is 29.1. The maximum absolute atomic E-state index is 13.6. The number of benzene rings is 1. The van der Waals surface area contributed by atoms with E-state index in [0.717, 1.165) is 29.7 Å². The summed E-state index contributed by atoms with van der Waals surface area (Å²) in [7, 11) is -1.83. The number of nitrogens with one attached hydrogen (secondary N) is 1. The number of para-hydroxylation sites is 1. The van der Waals surface area contributed by atoms with Crippen LogP contribution >= 0.6 is 11.3 Å². The highest BCUT2D eigenvalue weighted by Crippen LogP contribution is 2.39. The Morgan fingerprint density at radius 2 is 1.82 bits per heavy atom. The second-order valence-electron chi connectivity index (χ2n) is 9.00. The van der Waals surface area contributed by atoms with E-state index < -0.39 is 44.5 Å². The highest BCUT2D eigenvalue weighted by molar-refractivity contribution is 7.91. The first-order valence-corrected chi connectivity index (χ1v) is 14.8. The monoisotopic (exact) mass is 597 g/mol. The molecule has 3 aromatic rings. The number of rotatable bonds is 9. The molecule has 1 aliphatic rings. The largest absolute Gasteiger partial charge is 0.496 e. The minimum atomic E-state index is -4.93. The van der Waals surface area contributed by atoms with E-state index in [1.165, 1.54) is 37.7 Å². The molecule has 214 valence electrons. The SMILES string of the molecule is COC(=O)c1c(NC(=O)CCCS(=O)(=O)c2nc(-c3ccccc3OC)cc(C(F)(F)F)n2)sc2c1CCCC2. The van der Waals surface area contributed by atoms with Gasteiger partial charge in [0.1, 0.15) is 16.4 Å². The summed E-state index contributed by atoms with van der Waals surface area (Å²) in [5.41, 5.74) is -0.364. The molecule has 0 aliphatic heterocycles. The summed E-state index contributed by atoms with van der Waals surface area (Å²) in [6.45, 7) is 0. The predicted octanol–water partition coefficient (Wildman–Crippen LogP) is 5.09. The number of aryl methyl sites for hydroxylation is 1. The number of carbonyl (C=O) groups is 2. The lowest BCUT2D eigenvalue weighted by Crippen LogP contribution is -2.19. The van der Waals surface area contributed by atoms with Crippen molar-refractivity contribution >= 4 is 38.1 Å². The van der Waals surface area contributed by atoms with E-state index in [1.807, 2.05) is 0 Å². The van der Waals surface area contributed by atoms with Crippen molar-refractivity contribution in [2.75, 3.05) is 25.3 Å². The second-order valence-corrected chi connectivity index (χ2v) is 12.1. The molecule has 0 atom stereocenters. The van der Waals surface area contributed by atoms with Crippen LogP contribution in [0.2, 0.25) is 0 Å². The number of fused-ring (bicyclic) bond motifs is 1. The number of hydrogen-bond donors (Lipinski definition) is 1. The number of nitrogens with zero attached hydrogens (tertiary/aromatic N) is 2. The van der Waals surface area contributed by atoms with Crippen LogP contribution in [-0.4, -0.2) is 50.2 Å². The molecule has 0 fully saturated rings. The number of hydrogen-bond acceptors (Lipinski definition) is 9. The molecule has 0 spiro atoms.